The van der Waals surface area contributed by atoms with Crippen molar-refractivity contribution in [3.05, 3.63) is 35.4 Å². The maximum atomic E-state index is 12.9. The Morgan fingerprint density at radius 3 is 2.44 bits per heavy atom. The molecule has 0 fully saturated rings. The van der Waals surface area contributed by atoms with E-state index in [0.717, 1.165) is 12.1 Å². The lowest BCUT2D eigenvalue weighted by atomic mass is 10.0. The van der Waals surface area contributed by atoms with E-state index in [1.807, 2.05) is 0 Å². The first kappa shape index (κ1) is 16.8. The monoisotopic (exact) mass is 278 g/mol. The van der Waals surface area contributed by atoms with Crippen LogP contribution in [0, 0.1) is 17.6 Å². The molecule has 0 aliphatic carbocycles. The Morgan fingerprint density at radius 1 is 1.33 bits per heavy atom. The molecular weight excluding hydrogens is 262 g/mol. The van der Waals surface area contributed by atoms with Gasteiger partial charge in [-0.05, 0) is 24.6 Å². The molecule has 0 radical (unpaired) electrons. The number of rotatable bonds is 4. The van der Waals surface area contributed by atoms with Crippen molar-refractivity contribution < 1.29 is 13.6 Å². The zero-order chi connectivity index (χ0) is 13.0. The third kappa shape index (κ3) is 4.58. The molecule has 0 aliphatic rings. The van der Waals surface area contributed by atoms with Crippen LogP contribution in [-0.2, 0) is 11.3 Å². The molecule has 3 nitrogen and oxygen atoms in total. The molecule has 2 unspecified atom stereocenters. The van der Waals surface area contributed by atoms with E-state index in [4.69, 9.17) is 5.73 Å². The van der Waals surface area contributed by atoms with E-state index in [9.17, 15) is 13.6 Å². The van der Waals surface area contributed by atoms with E-state index in [-0.39, 0.29) is 36.8 Å². The molecule has 0 aliphatic heterocycles. The summed E-state index contributed by atoms with van der Waals surface area (Å²) in [5.41, 5.74) is 6.09. The minimum absolute atomic E-state index is 0. The first-order chi connectivity index (χ1) is 7.91. The van der Waals surface area contributed by atoms with Crippen LogP contribution in [0.25, 0.3) is 0 Å². The Balaban J connectivity index is 0.00000289. The smallest absolute Gasteiger partial charge is 0.224 e. The molecule has 6 heteroatoms. The van der Waals surface area contributed by atoms with Crippen LogP contribution in [0.15, 0.2) is 18.2 Å². The summed E-state index contributed by atoms with van der Waals surface area (Å²) in [6.45, 7) is 3.61. The van der Waals surface area contributed by atoms with Crippen molar-refractivity contribution in [1.82, 2.24) is 5.32 Å². The van der Waals surface area contributed by atoms with Crippen LogP contribution >= 0.6 is 12.4 Å². The Kier molecular flexibility index (Phi) is 6.80. The van der Waals surface area contributed by atoms with Gasteiger partial charge in [0, 0.05) is 18.5 Å². The van der Waals surface area contributed by atoms with Gasteiger partial charge in [-0.25, -0.2) is 8.78 Å². The highest BCUT2D eigenvalue weighted by molar-refractivity contribution is 5.85. The van der Waals surface area contributed by atoms with E-state index in [0.29, 0.717) is 5.56 Å². The standard InChI is InChI=1S/C12H16F2N2O.ClH/c1-7(8(2)15)12(17)16-6-9-3-4-10(13)11(14)5-9;/h3-5,7-8H,6,15H2,1-2H3,(H,16,17);1H. The third-order valence-electron chi connectivity index (χ3n) is 2.65. The second kappa shape index (κ2) is 7.28. The predicted octanol–water partition coefficient (Wildman–Crippen LogP) is 1.99. The van der Waals surface area contributed by atoms with Crippen molar-refractivity contribution in [2.75, 3.05) is 0 Å². The number of carbonyl (C=O) groups excluding carboxylic acids is 1. The van der Waals surface area contributed by atoms with Crippen molar-refractivity contribution in [3.63, 3.8) is 0 Å². The average molecular weight is 279 g/mol. The first-order valence-corrected chi connectivity index (χ1v) is 5.39. The molecule has 0 saturated heterocycles. The molecular formula is C12H17ClF2N2O. The van der Waals surface area contributed by atoms with Crippen molar-refractivity contribution >= 4 is 18.3 Å². The fourth-order valence-corrected chi connectivity index (χ4v) is 1.24. The summed E-state index contributed by atoms with van der Waals surface area (Å²) in [4.78, 5) is 11.6. The highest BCUT2D eigenvalue weighted by Crippen LogP contribution is 2.09. The normalized spacial score (nSPS) is 13.4. The molecule has 0 heterocycles. The van der Waals surface area contributed by atoms with Crippen molar-refractivity contribution in [1.29, 1.82) is 0 Å². The Morgan fingerprint density at radius 2 is 1.94 bits per heavy atom. The van der Waals surface area contributed by atoms with Gasteiger partial charge in [0.2, 0.25) is 5.91 Å². The number of amides is 1. The van der Waals surface area contributed by atoms with E-state index in [2.05, 4.69) is 5.32 Å². The maximum absolute atomic E-state index is 12.9. The highest BCUT2D eigenvalue weighted by Gasteiger charge is 2.16. The van der Waals surface area contributed by atoms with Gasteiger partial charge in [0.1, 0.15) is 0 Å². The topological polar surface area (TPSA) is 55.1 Å². The molecule has 1 rings (SSSR count). The largest absolute Gasteiger partial charge is 0.352 e. The lowest BCUT2D eigenvalue weighted by Crippen LogP contribution is -2.38. The van der Waals surface area contributed by atoms with Crippen molar-refractivity contribution in [2.24, 2.45) is 11.7 Å². The van der Waals surface area contributed by atoms with Gasteiger partial charge >= 0.3 is 0 Å². The molecule has 0 spiro atoms. The molecule has 1 aromatic carbocycles. The SMILES string of the molecule is CC(N)C(C)C(=O)NCc1ccc(F)c(F)c1.Cl. The molecule has 0 aromatic heterocycles. The van der Waals surface area contributed by atoms with E-state index in [1.54, 1.807) is 13.8 Å². The summed E-state index contributed by atoms with van der Waals surface area (Å²) >= 11 is 0. The lowest BCUT2D eigenvalue weighted by molar-refractivity contribution is -0.125. The minimum Gasteiger partial charge on any atom is -0.352 e. The molecule has 0 bridgehead atoms. The zero-order valence-corrected chi connectivity index (χ0v) is 11.1. The summed E-state index contributed by atoms with van der Waals surface area (Å²) in [6, 6.07) is 3.27. The van der Waals surface area contributed by atoms with Crippen LogP contribution in [0.5, 0.6) is 0 Å². The lowest BCUT2D eigenvalue weighted by Gasteiger charge is -2.15. The Bertz CT molecular complexity index is 413. The summed E-state index contributed by atoms with van der Waals surface area (Å²) in [6.07, 6.45) is 0. The average Bonchev–Trinajstić information content (AvgIpc) is 2.29. The summed E-state index contributed by atoms with van der Waals surface area (Å²) in [7, 11) is 0. The van der Waals surface area contributed by atoms with Crippen molar-refractivity contribution in [3.8, 4) is 0 Å². The minimum atomic E-state index is -0.919. The van der Waals surface area contributed by atoms with Crippen LogP contribution in [0.1, 0.15) is 19.4 Å². The third-order valence-corrected chi connectivity index (χ3v) is 2.65. The molecule has 1 aromatic rings. The van der Waals surface area contributed by atoms with Crippen LogP contribution in [0.3, 0.4) is 0 Å². The van der Waals surface area contributed by atoms with Gasteiger partial charge in [-0.2, -0.15) is 0 Å². The van der Waals surface area contributed by atoms with Gasteiger partial charge in [-0.3, -0.25) is 4.79 Å². The fraction of sp³-hybridized carbons (Fsp3) is 0.417. The van der Waals surface area contributed by atoms with Crippen LogP contribution in [0.4, 0.5) is 8.78 Å². The number of benzene rings is 1. The quantitative estimate of drug-likeness (QED) is 0.885. The fourth-order valence-electron chi connectivity index (χ4n) is 1.24. The van der Waals surface area contributed by atoms with Gasteiger partial charge in [0.15, 0.2) is 11.6 Å². The second-order valence-electron chi connectivity index (χ2n) is 4.11. The maximum Gasteiger partial charge on any atom is 0.224 e. The van der Waals surface area contributed by atoms with E-state index < -0.39 is 11.6 Å². The Hall–Kier alpha value is -1.20. The number of hydrogen-bond donors (Lipinski definition) is 2. The first-order valence-electron chi connectivity index (χ1n) is 5.39. The summed E-state index contributed by atoms with van der Waals surface area (Å²) < 4.78 is 25.5. The molecule has 2 atom stereocenters. The van der Waals surface area contributed by atoms with Crippen LogP contribution in [-0.4, -0.2) is 11.9 Å². The van der Waals surface area contributed by atoms with Gasteiger partial charge in [-0.1, -0.05) is 13.0 Å². The van der Waals surface area contributed by atoms with Gasteiger partial charge in [0.25, 0.3) is 0 Å². The molecule has 0 saturated carbocycles. The van der Waals surface area contributed by atoms with Gasteiger partial charge < -0.3 is 11.1 Å². The van der Waals surface area contributed by atoms with Crippen LogP contribution in [0.2, 0.25) is 0 Å². The van der Waals surface area contributed by atoms with Crippen molar-refractivity contribution in [2.45, 2.75) is 26.4 Å². The number of nitrogens with two attached hydrogens (primary N) is 1. The second-order valence-corrected chi connectivity index (χ2v) is 4.11. The van der Waals surface area contributed by atoms with Gasteiger partial charge in [0.05, 0.1) is 0 Å². The highest BCUT2D eigenvalue weighted by atomic mass is 35.5. The Labute approximate surface area is 111 Å². The molecule has 1 amide bonds. The number of carbonyl (C=O) groups is 1. The number of halogens is 3. The molecule has 18 heavy (non-hydrogen) atoms. The van der Waals surface area contributed by atoms with Gasteiger partial charge in [-0.15, -0.1) is 12.4 Å². The van der Waals surface area contributed by atoms with E-state index in [1.165, 1.54) is 6.07 Å². The number of nitrogens with one attached hydrogen (secondary N) is 1. The van der Waals surface area contributed by atoms with E-state index >= 15 is 0 Å². The molecule has 102 valence electrons. The molecule has 3 N–H and O–H groups in total. The summed E-state index contributed by atoms with van der Waals surface area (Å²) in [5, 5.41) is 2.62. The zero-order valence-electron chi connectivity index (χ0n) is 10.2. The summed E-state index contributed by atoms with van der Waals surface area (Å²) in [5.74, 6) is -2.34. The number of hydrogen-bond acceptors (Lipinski definition) is 2. The predicted molar refractivity (Wildman–Crippen MR) is 68.3 cm³/mol. The van der Waals surface area contributed by atoms with Crippen LogP contribution < -0.4 is 11.1 Å².